The van der Waals surface area contributed by atoms with E-state index in [1.165, 1.54) is 11.1 Å². The Hall–Kier alpha value is -2.18. The van der Waals surface area contributed by atoms with E-state index >= 15 is 0 Å². The highest BCUT2D eigenvalue weighted by Crippen LogP contribution is 2.19. The van der Waals surface area contributed by atoms with E-state index in [-0.39, 0.29) is 0 Å². The first kappa shape index (κ1) is 17.6. The summed E-state index contributed by atoms with van der Waals surface area (Å²) in [7, 11) is 0. The number of aryl methyl sites for hydroxylation is 1. The van der Waals surface area contributed by atoms with Crippen LogP contribution in [0.5, 0.6) is 0 Å². The Morgan fingerprint density at radius 2 is 1.96 bits per heavy atom. The van der Waals surface area contributed by atoms with Gasteiger partial charge in [0.25, 0.3) is 0 Å². The van der Waals surface area contributed by atoms with Crippen LogP contribution in [0, 0.1) is 13.8 Å². The zero-order valence-electron chi connectivity index (χ0n) is 14.1. The van der Waals surface area contributed by atoms with Crippen molar-refractivity contribution in [2.45, 2.75) is 20.4 Å². The summed E-state index contributed by atoms with van der Waals surface area (Å²) in [6.45, 7) is 4.88. The molecule has 0 aliphatic heterocycles. The molecule has 0 aliphatic carbocycles. The molecule has 128 valence electrons. The third kappa shape index (κ3) is 4.67. The minimum Gasteiger partial charge on any atom is -0.332 e. The van der Waals surface area contributed by atoms with Crippen LogP contribution in [0.4, 0.5) is 11.4 Å². The van der Waals surface area contributed by atoms with Crippen LogP contribution in [0.15, 0.2) is 59.3 Å². The lowest BCUT2D eigenvalue weighted by Gasteiger charge is -2.14. The van der Waals surface area contributed by atoms with Crippen molar-refractivity contribution >= 4 is 44.6 Å². The van der Waals surface area contributed by atoms with E-state index in [1.54, 1.807) is 6.20 Å². The Bertz CT molecular complexity index is 904. The number of hydrogen-bond donors (Lipinski definition) is 2. The number of benzene rings is 2. The van der Waals surface area contributed by atoms with Crippen molar-refractivity contribution in [3.05, 3.63) is 76.0 Å². The van der Waals surface area contributed by atoms with E-state index in [0.29, 0.717) is 11.7 Å². The van der Waals surface area contributed by atoms with Gasteiger partial charge in [-0.3, -0.25) is 4.68 Å². The first-order valence-corrected chi connectivity index (χ1v) is 9.12. The van der Waals surface area contributed by atoms with Gasteiger partial charge in [-0.1, -0.05) is 24.3 Å². The zero-order valence-corrected chi connectivity index (χ0v) is 16.5. The van der Waals surface area contributed by atoms with Crippen LogP contribution in [-0.4, -0.2) is 14.9 Å². The SMILES string of the molecule is Cc1cccc(NC(=S)Nc2cccc(Cn3cc(Br)cn3)c2)c1C. The number of rotatable bonds is 4. The predicted molar refractivity (Wildman–Crippen MR) is 111 cm³/mol. The summed E-state index contributed by atoms with van der Waals surface area (Å²) in [5.41, 5.74) is 5.56. The lowest BCUT2D eigenvalue weighted by atomic mass is 10.1. The second kappa shape index (κ2) is 7.80. The summed E-state index contributed by atoms with van der Waals surface area (Å²) < 4.78 is 2.86. The van der Waals surface area contributed by atoms with Gasteiger partial charge in [-0.15, -0.1) is 0 Å². The molecule has 1 aromatic heterocycles. The topological polar surface area (TPSA) is 41.9 Å². The molecule has 0 atom stereocenters. The van der Waals surface area contributed by atoms with Gasteiger partial charge in [0.1, 0.15) is 0 Å². The fourth-order valence-electron chi connectivity index (χ4n) is 2.53. The molecule has 0 unspecified atom stereocenters. The molecule has 3 rings (SSSR count). The normalized spacial score (nSPS) is 10.5. The molecule has 0 aliphatic rings. The van der Waals surface area contributed by atoms with Gasteiger partial charge in [-0.25, -0.2) is 0 Å². The van der Waals surface area contributed by atoms with Crippen LogP contribution in [-0.2, 0) is 6.54 Å². The van der Waals surface area contributed by atoms with E-state index in [1.807, 2.05) is 35.1 Å². The van der Waals surface area contributed by atoms with E-state index in [4.69, 9.17) is 12.2 Å². The molecule has 0 radical (unpaired) electrons. The minimum atomic E-state index is 0.577. The molecule has 2 N–H and O–H groups in total. The summed E-state index contributed by atoms with van der Waals surface area (Å²) in [6.07, 6.45) is 3.73. The van der Waals surface area contributed by atoms with Crippen molar-refractivity contribution in [1.82, 2.24) is 9.78 Å². The van der Waals surface area contributed by atoms with Crippen LogP contribution >= 0.6 is 28.1 Å². The smallest absolute Gasteiger partial charge is 0.175 e. The van der Waals surface area contributed by atoms with Gasteiger partial charge in [-0.2, -0.15) is 5.10 Å². The Labute approximate surface area is 161 Å². The maximum Gasteiger partial charge on any atom is 0.175 e. The maximum absolute atomic E-state index is 5.45. The molecule has 2 aromatic carbocycles. The second-order valence-corrected chi connectivity index (χ2v) is 7.21. The molecular formula is C19H19BrN4S. The standard InChI is InChI=1S/C19H19BrN4S/c1-13-5-3-8-18(14(13)2)23-19(25)22-17-7-4-6-15(9-17)11-24-12-16(20)10-21-24/h3-10,12H,11H2,1-2H3,(H2,22,23,25). The average Bonchev–Trinajstić information content (AvgIpc) is 2.97. The third-order valence-corrected chi connectivity index (χ3v) is 4.60. The molecule has 25 heavy (non-hydrogen) atoms. The van der Waals surface area contributed by atoms with E-state index < -0.39 is 0 Å². The fourth-order valence-corrected chi connectivity index (χ4v) is 3.09. The van der Waals surface area contributed by atoms with E-state index in [9.17, 15) is 0 Å². The van der Waals surface area contributed by atoms with E-state index in [2.05, 4.69) is 63.7 Å². The number of anilines is 2. The quantitative estimate of drug-likeness (QED) is 0.581. The van der Waals surface area contributed by atoms with Crippen LogP contribution < -0.4 is 10.6 Å². The molecule has 0 fully saturated rings. The van der Waals surface area contributed by atoms with Gasteiger partial charge in [0.05, 0.1) is 17.2 Å². The number of thiocarbonyl (C=S) groups is 1. The molecule has 0 spiro atoms. The van der Waals surface area contributed by atoms with Gasteiger partial charge < -0.3 is 10.6 Å². The molecule has 6 heteroatoms. The minimum absolute atomic E-state index is 0.577. The van der Waals surface area contributed by atoms with Gasteiger partial charge in [-0.05, 0) is 76.9 Å². The molecule has 0 amide bonds. The first-order valence-electron chi connectivity index (χ1n) is 7.92. The highest BCUT2D eigenvalue weighted by atomic mass is 79.9. The van der Waals surface area contributed by atoms with Gasteiger partial charge in [0.15, 0.2) is 5.11 Å². The molecule has 4 nitrogen and oxygen atoms in total. The van der Waals surface area contributed by atoms with E-state index in [0.717, 1.165) is 21.4 Å². The average molecular weight is 415 g/mol. The molecule has 0 bridgehead atoms. The van der Waals surface area contributed by atoms with Gasteiger partial charge >= 0.3 is 0 Å². The van der Waals surface area contributed by atoms with Gasteiger partial charge in [0.2, 0.25) is 0 Å². The van der Waals surface area contributed by atoms with Crippen molar-refractivity contribution in [1.29, 1.82) is 0 Å². The Morgan fingerprint density at radius 1 is 1.16 bits per heavy atom. The lowest BCUT2D eigenvalue weighted by molar-refractivity contribution is 0.687. The van der Waals surface area contributed by atoms with Crippen molar-refractivity contribution in [3.63, 3.8) is 0 Å². The third-order valence-electron chi connectivity index (χ3n) is 3.98. The predicted octanol–water partition coefficient (Wildman–Crippen LogP) is 5.12. The number of nitrogens with one attached hydrogen (secondary N) is 2. The van der Waals surface area contributed by atoms with Crippen LogP contribution in [0.1, 0.15) is 16.7 Å². The number of nitrogens with zero attached hydrogens (tertiary/aromatic N) is 2. The highest BCUT2D eigenvalue weighted by Gasteiger charge is 2.04. The monoisotopic (exact) mass is 414 g/mol. The molecule has 0 saturated heterocycles. The largest absolute Gasteiger partial charge is 0.332 e. The summed E-state index contributed by atoms with van der Waals surface area (Å²) in [5, 5.41) is 11.4. The first-order chi connectivity index (χ1) is 12.0. The highest BCUT2D eigenvalue weighted by molar-refractivity contribution is 9.10. The summed E-state index contributed by atoms with van der Waals surface area (Å²) in [4.78, 5) is 0. The number of aromatic nitrogens is 2. The van der Waals surface area contributed by atoms with Crippen LogP contribution in [0.3, 0.4) is 0 Å². The second-order valence-electron chi connectivity index (χ2n) is 5.88. The fraction of sp³-hybridized carbons (Fsp3) is 0.158. The Kier molecular flexibility index (Phi) is 5.50. The molecular weight excluding hydrogens is 396 g/mol. The number of halogens is 1. The van der Waals surface area contributed by atoms with Crippen molar-refractivity contribution in [3.8, 4) is 0 Å². The molecule has 3 aromatic rings. The summed E-state index contributed by atoms with van der Waals surface area (Å²) >= 11 is 8.87. The lowest BCUT2D eigenvalue weighted by Crippen LogP contribution is -2.20. The molecule has 0 saturated carbocycles. The summed E-state index contributed by atoms with van der Waals surface area (Å²) in [5.74, 6) is 0. The van der Waals surface area contributed by atoms with Crippen LogP contribution in [0.25, 0.3) is 0 Å². The van der Waals surface area contributed by atoms with Crippen LogP contribution in [0.2, 0.25) is 0 Å². The van der Waals surface area contributed by atoms with Crippen molar-refractivity contribution < 1.29 is 0 Å². The Balaban J connectivity index is 1.67. The molecule has 1 heterocycles. The maximum atomic E-state index is 5.45. The van der Waals surface area contributed by atoms with Crippen molar-refractivity contribution in [2.75, 3.05) is 10.6 Å². The Morgan fingerprint density at radius 3 is 2.72 bits per heavy atom. The number of hydrogen-bond acceptors (Lipinski definition) is 2. The van der Waals surface area contributed by atoms with Crippen molar-refractivity contribution in [2.24, 2.45) is 0 Å². The van der Waals surface area contributed by atoms with Gasteiger partial charge in [0, 0.05) is 17.6 Å². The summed E-state index contributed by atoms with van der Waals surface area (Å²) in [6, 6.07) is 14.3. The zero-order chi connectivity index (χ0) is 17.8.